The third-order valence-electron chi connectivity index (χ3n) is 3.04. The molecule has 1 aromatic heterocycles. The SMILES string of the molecule is CC(C)(C)OC(=O)C[C@H](O)C[C@H](O)CSc1nc2ccccc2s1. The van der Waals surface area contributed by atoms with E-state index in [0.29, 0.717) is 5.75 Å². The molecule has 0 bridgehead atoms. The van der Waals surface area contributed by atoms with Crippen molar-refractivity contribution in [3.05, 3.63) is 24.3 Å². The molecule has 5 nitrogen and oxygen atoms in total. The molecule has 0 aliphatic rings. The predicted molar refractivity (Wildman–Crippen MR) is 97.4 cm³/mol. The molecule has 0 saturated carbocycles. The number of ether oxygens (including phenoxy) is 1. The molecule has 0 aliphatic carbocycles. The fraction of sp³-hybridized carbons (Fsp3) is 0.529. The van der Waals surface area contributed by atoms with Gasteiger partial charge < -0.3 is 14.9 Å². The Hall–Kier alpha value is -1.15. The molecule has 0 amide bonds. The molecular formula is C17H23NO4S2. The Morgan fingerprint density at radius 2 is 2.00 bits per heavy atom. The molecule has 0 saturated heterocycles. The summed E-state index contributed by atoms with van der Waals surface area (Å²) in [6.45, 7) is 5.34. The van der Waals surface area contributed by atoms with Crippen LogP contribution in [0.15, 0.2) is 28.6 Å². The first-order valence-electron chi connectivity index (χ1n) is 7.79. The highest BCUT2D eigenvalue weighted by atomic mass is 32.2. The van der Waals surface area contributed by atoms with Gasteiger partial charge >= 0.3 is 5.97 Å². The quantitative estimate of drug-likeness (QED) is 0.576. The summed E-state index contributed by atoms with van der Waals surface area (Å²) in [4.78, 5) is 16.1. The number of aliphatic hydroxyl groups excluding tert-OH is 2. The lowest BCUT2D eigenvalue weighted by Gasteiger charge is -2.21. The first kappa shape index (κ1) is 19.2. The second-order valence-corrected chi connectivity index (χ2v) is 8.89. The normalized spacial score (nSPS) is 14.5. The molecule has 2 rings (SSSR count). The number of thiazole rings is 1. The molecule has 0 radical (unpaired) electrons. The Morgan fingerprint density at radius 1 is 1.29 bits per heavy atom. The molecule has 24 heavy (non-hydrogen) atoms. The smallest absolute Gasteiger partial charge is 0.308 e. The monoisotopic (exact) mass is 369 g/mol. The van der Waals surface area contributed by atoms with Crippen molar-refractivity contribution in [2.45, 2.75) is 55.8 Å². The summed E-state index contributed by atoms with van der Waals surface area (Å²) < 4.78 is 7.16. The van der Waals surface area contributed by atoms with Gasteiger partial charge in [-0.2, -0.15) is 0 Å². The average molecular weight is 370 g/mol. The van der Waals surface area contributed by atoms with Crippen LogP contribution in [0.4, 0.5) is 0 Å². The molecular weight excluding hydrogens is 346 g/mol. The molecule has 1 heterocycles. The molecule has 2 aromatic rings. The number of carbonyl (C=O) groups is 1. The summed E-state index contributed by atoms with van der Waals surface area (Å²) in [5.41, 5.74) is 0.377. The number of hydrogen-bond donors (Lipinski definition) is 2. The first-order valence-corrected chi connectivity index (χ1v) is 9.59. The van der Waals surface area contributed by atoms with E-state index in [9.17, 15) is 15.0 Å². The van der Waals surface area contributed by atoms with Gasteiger partial charge in [-0.25, -0.2) is 4.98 Å². The van der Waals surface area contributed by atoms with Gasteiger partial charge in [0.25, 0.3) is 0 Å². The lowest BCUT2D eigenvalue weighted by atomic mass is 10.1. The Labute approximate surface area is 150 Å². The third-order valence-corrected chi connectivity index (χ3v) is 5.36. The van der Waals surface area contributed by atoms with E-state index in [1.54, 1.807) is 32.1 Å². The Kier molecular flexibility index (Phi) is 6.62. The molecule has 2 atom stereocenters. The summed E-state index contributed by atoms with van der Waals surface area (Å²) in [6, 6.07) is 7.88. The van der Waals surface area contributed by atoms with Crippen LogP contribution < -0.4 is 0 Å². The molecule has 0 spiro atoms. The Balaban J connectivity index is 1.76. The minimum Gasteiger partial charge on any atom is -0.460 e. The highest BCUT2D eigenvalue weighted by Crippen LogP contribution is 2.30. The first-order chi connectivity index (χ1) is 11.2. The number of benzene rings is 1. The number of para-hydroxylation sites is 1. The van der Waals surface area contributed by atoms with Gasteiger partial charge in [-0.15, -0.1) is 11.3 Å². The zero-order valence-electron chi connectivity index (χ0n) is 14.1. The van der Waals surface area contributed by atoms with Crippen molar-refractivity contribution in [2.75, 3.05) is 5.75 Å². The van der Waals surface area contributed by atoms with Crippen LogP contribution in [0, 0.1) is 0 Å². The molecule has 0 fully saturated rings. The molecule has 7 heteroatoms. The van der Waals surface area contributed by atoms with Crippen LogP contribution in [0.2, 0.25) is 0 Å². The van der Waals surface area contributed by atoms with Gasteiger partial charge in [0.1, 0.15) is 5.60 Å². The standard InChI is InChI=1S/C17H23NO4S2/c1-17(2,3)22-15(21)9-11(19)8-12(20)10-23-16-18-13-6-4-5-7-14(13)24-16/h4-7,11-12,19-20H,8-10H2,1-3H3/t11-,12+/m1/s1. The van der Waals surface area contributed by atoms with Crippen LogP contribution in [-0.2, 0) is 9.53 Å². The zero-order valence-corrected chi connectivity index (χ0v) is 15.7. The molecule has 0 unspecified atom stereocenters. The number of fused-ring (bicyclic) bond motifs is 1. The van der Waals surface area contributed by atoms with Crippen molar-refractivity contribution in [1.29, 1.82) is 0 Å². The molecule has 1 aromatic carbocycles. The second-order valence-electron chi connectivity index (χ2n) is 6.59. The average Bonchev–Trinajstić information content (AvgIpc) is 2.85. The maximum absolute atomic E-state index is 11.7. The van der Waals surface area contributed by atoms with Gasteiger partial charge in [0.2, 0.25) is 0 Å². The second kappa shape index (κ2) is 8.29. The van der Waals surface area contributed by atoms with E-state index in [0.717, 1.165) is 14.6 Å². The molecule has 0 aliphatic heterocycles. The van der Waals surface area contributed by atoms with Crippen LogP contribution in [0.1, 0.15) is 33.6 Å². The van der Waals surface area contributed by atoms with E-state index in [4.69, 9.17) is 4.74 Å². The van der Waals surface area contributed by atoms with Gasteiger partial charge in [-0.3, -0.25) is 4.79 Å². The maximum Gasteiger partial charge on any atom is 0.308 e. The number of hydrogen-bond acceptors (Lipinski definition) is 7. The van der Waals surface area contributed by atoms with Crippen molar-refractivity contribution in [2.24, 2.45) is 0 Å². The lowest BCUT2D eigenvalue weighted by molar-refractivity contribution is -0.157. The number of aromatic nitrogens is 1. The number of rotatable bonds is 7. The maximum atomic E-state index is 11.7. The summed E-state index contributed by atoms with van der Waals surface area (Å²) in [7, 11) is 0. The van der Waals surface area contributed by atoms with Crippen molar-refractivity contribution < 1.29 is 19.7 Å². The van der Waals surface area contributed by atoms with E-state index >= 15 is 0 Å². The van der Waals surface area contributed by atoms with Crippen LogP contribution in [0.5, 0.6) is 0 Å². The van der Waals surface area contributed by atoms with Crippen LogP contribution in [0.3, 0.4) is 0 Å². The number of aliphatic hydroxyl groups is 2. The van der Waals surface area contributed by atoms with Gasteiger partial charge in [0.15, 0.2) is 4.34 Å². The van der Waals surface area contributed by atoms with Crippen LogP contribution in [0.25, 0.3) is 10.2 Å². The number of esters is 1. The van der Waals surface area contributed by atoms with Gasteiger partial charge in [0.05, 0.1) is 28.8 Å². The van der Waals surface area contributed by atoms with Crippen LogP contribution >= 0.6 is 23.1 Å². The van der Waals surface area contributed by atoms with Crippen molar-refractivity contribution >= 4 is 39.3 Å². The Morgan fingerprint density at radius 3 is 2.67 bits per heavy atom. The fourth-order valence-corrected chi connectivity index (χ4v) is 4.16. The van der Waals surface area contributed by atoms with Crippen molar-refractivity contribution in [3.63, 3.8) is 0 Å². The van der Waals surface area contributed by atoms with Gasteiger partial charge in [-0.1, -0.05) is 23.9 Å². The topological polar surface area (TPSA) is 79.7 Å². The molecule has 2 N–H and O–H groups in total. The zero-order chi connectivity index (χ0) is 17.7. The largest absolute Gasteiger partial charge is 0.460 e. The van der Waals surface area contributed by atoms with E-state index in [-0.39, 0.29) is 12.8 Å². The van der Waals surface area contributed by atoms with E-state index in [2.05, 4.69) is 4.98 Å². The summed E-state index contributed by atoms with van der Waals surface area (Å²) >= 11 is 3.03. The number of carbonyl (C=O) groups excluding carboxylic acids is 1. The summed E-state index contributed by atoms with van der Waals surface area (Å²) in [6.07, 6.45) is -1.60. The summed E-state index contributed by atoms with van der Waals surface area (Å²) in [5.74, 6) is -0.0356. The van der Waals surface area contributed by atoms with Crippen LogP contribution in [-0.4, -0.2) is 44.7 Å². The predicted octanol–water partition coefficient (Wildman–Crippen LogP) is 3.23. The number of nitrogens with zero attached hydrogens (tertiary/aromatic N) is 1. The number of thioether (sulfide) groups is 1. The third kappa shape index (κ3) is 6.39. The molecule has 132 valence electrons. The van der Waals surface area contributed by atoms with E-state index < -0.39 is 23.8 Å². The van der Waals surface area contributed by atoms with Gasteiger partial charge in [-0.05, 0) is 32.9 Å². The van der Waals surface area contributed by atoms with E-state index in [1.807, 2.05) is 24.3 Å². The minimum absolute atomic E-state index is 0.111. The van der Waals surface area contributed by atoms with Crippen molar-refractivity contribution in [1.82, 2.24) is 4.98 Å². The summed E-state index contributed by atoms with van der Waals surface area (Å²) in [5, 5.41) is 20.0. The Bertz CT molecular complexity index is 648. The minimum atomic E-state index is -0.911. The highest BCUT2D eigenvalue weighted by molar-refractivity contribution is 8.01. The highest BCUT2D eigenvalue weighted by Gasteiger charge is 2.21. The van der Waals surface area contributed by atoms with E-state index in [1.165, 1.54) is 11.8 Å². The fourth-order valence-electron chi connectivity index (χ4n) is 2.12. The lowest BCUT2D eigenvalue weighted by Crippen LogP contribution is -2.28. The van der Waals surface area contributed by atoms with Gasteiger partial charge in [0, 0.05) is 12.2 Å². The van der Waals surface area contributed by atoms with Crippen molar-refractivity contribution in [3.8, 4) is 0 Å².